The van der Waals surface area contributed by atoms with Crippen molar-refractivity contribution in [1.29, 1.82) is 0 Å². The highest BCUT2D eigenvalue weighted by Crippen LogP contribution is 2.24. The van der Waals surface area contributed by atoms with E-state index < -0.39 is 0 Å². The van der Waals surface area contributed by atoms with Crippen molar-refractivity contribution in [3.63, 3.8) is 0 Å². The lowest BCUT2D eigenvalue weighted by Gasteiger charge is -2.01. The summed E-state index contributed by atoms with van der Waals surface area (Å²) in [4.78, 5) is 4.45. The number of hydrogen-bond donors (Lipinski definition) is 1. The molecule has 96 valence electrons. The Morgan fingerprint density at radius 2 is 2.05 bits per heavy atom. The molecule has 0 saturated heterocycles. The molecule has 0 amide bonds. The summed E-state index contributed by atoms with van der Waals surface area (Å²) in [5.41, 5.74) is 2.02. The van der Waals surface area contributed by atoms with Gasteiger partial charge in [-0.2, -0.15) is 0 Å². The zero-order valence-electron chi connectivity index (χ0n) is 10.9. The van der Waals surface area contributed by atoms with Crippen LogP contribution in [-0.2, 0) is 6.54 Å². The number of para-hydroxylation sites is 1. The molecule has 0 aliphatic rings. The van der Waals surface area contributed by atoms with Crippen molar-refractivity contribution in [2.75, 3.05) is 6.54 Å². The van der Waals surface area contributed by atoms with Gasteiger partial charge in [0.1, 0.15) is 11.5 Å². The molecule has 1 aromatic carbocycles. The van der Waals surface area contributed by atoms with Crippen LogP contribution in [0.3, 0.4) is 0 Å². The van der Waals surface area contributed by atoms with E-state index in [1.54, 1.807) is 0 Å². The largest absolute Gasteiger partial charge is 0.460 e. The maximum atomic E-state index is 5.82. The average molecular weight is 252 g/mol. The summed E-state index contributed by atoms with van der Waals surface area (Å²) in [7, 11) is 0. The Bertz CT molecular complexity index is 688. The average Bonchev–Trinajstić information content (AvgIpc) is 2.93. The van der Waals surface area contributed by atoms with Gasteiger partial charge in [0.15, 0.2) is 0 Å². The second-order valence-electron chi connectivity index (χ2n) is 4.46. The van der Waals surface area contributed by atoms with Gasteiger partial charge in [-0.3, -0.25) is 4.98 Å². The van der Waals surface area contributed by atoms with Crippen LogP contribution in [0.25, 0.3) is 22.2 Å². The van der Waals surface area contributed by atoms with Crippen LogP contribution in [0.2, 0.25) is 0 Å². The fourth-order valence-electron chi connectivity index (χ4n) is 2.08. The molecule has 2 aromatic heterocycles. The summed E-state index contributed by atoms with van der Waals surface area (Å²) >= 11 is 0. The number of fused-ring (bicyclic) bond motifs is 1. The van der Waals surface area contributed by atoms with Gasteiger partial charge in [0.25, 0.3) is 0 Å². The van der Waals surface area contributed by atoms with Crippen molar-refractivity contribution in [1.82, 2.24) is 10.3 Å². The molecule has 0 atom stereocenters. The minimum atomic E-state index is 0.761. The molecule has 0 fully saturated rings. The maximum absolute atomic E-state index is 5.82. The lowest BCUT2D eigenvalue weighted by atomic mass is 10.1. The normalized spacial score (nSPS) is 11.0. The minimum Gasteiger partial charge on any atom is -0.460 e. The molecule has 0 aliphatic heterocycles. The van der Waals surface area contributed by atoms with Crippen molar-refractivity contribution in [3.8, 4) is 11.3 Å². The predicted octanol–water partition coefficient (Wildman–Crippen LogP) is 3.60. The van der Waals surface area contributed by atoms with E-state index in [1.165, 1.54) is 0 Å². The van der Waals surface area contributed by atoms with Crippen LogP contribution in [0, 0.1) is 0 Å². The molecule has 2 heterocycles. The molecule has 3 nitrogen and oxygen atoms in total. The van der Waals surface area contributed by atoms with Gasteiger partial charge in [-0.15, -0.1) is 0 Å². The summed E-state index contributed by atoms with van der Waals surface area (Å²) < 4.78 is 5.82. The van der Waals surface area contributed by atoms with Gasteiger partial charge in [-0.1, -0.05) is 25.1 Å². The molecule has 3 heteroatoms. The van der Waals surface area contributed by atoms with Crippen LogP contribution in [-0.4, -0.2) is 11.5 Å². The zero-order chi connectivity index (χ0) is 13.1. The van der Waals surface area contributed by atoms with E-state index in [0.717, 1.165) is 41.1 Å². The van der Waals surface area contributed by atoms with Gasteiger partial charge >= 0.3 is 0 Å². The highest BCUT2D eigenvalue weighted by Gasteiger charge is 2.06. The Morgan fingerprint density at radius 3 is 2.95 bits per heavy atom. The Morgan fingerprint density at radius 1 is 1.16 bits per heavy atom. The Labute approximate surface area is 112 Å². The van der Waals surface area contributed by atoms with Gasteiger partial charge < -0.3 is 9.73 Å². The number of nitrogens with zero attached hydrogens (tertiary/aromatic N) is 1. The molecule has 0 saturated carbocycles. The lowest BCUT2D eigenvalue weighted by molar-refractivity contribution is 0.498. The minimum absolute atomic E-state index is 0.761. The molecule has 1 N–H and O–H groups in total. The molecular formula is C16H16N2O. The molecule has 0 spiro atoms. The molecule has 3 aromatic rings. The van der Waals surface area contributed by atoms with Crippen LogP contribution in [0.5, 0.6) is 0 Å². The third-order valence-corrected chi connectivity index (χ3v) is 3.09. The van der Waals surface area contributed by atoms with Crippen LogP contribution < -0.4 is 5.32 Å². The number of pyridine rings is 1. The molecule has 0 bridgehead atoms. The number of furan rings is 1. The van der Waals surface area contributed by atoms with Gasteiger partial charge in [0.2, 0.25) is 0 Å². The van der Waals surface area contributed by atoms with Crippen LogP contribution in [0.4, 0.5) is 0 Å². The topological polar surface area (TPSA) is 38.1 Å². The first kappa shape index (κ1) is 11.9. The van der Waals surface area contributed by atoms with Gasteiger partial charge in [-0.05, 0) is 30.8 Å². The molecule has 3 rings (SSSR count). The van der Waals surface area contributed by atoms with Crippen molar-refractivity contribution in [2.24, 2.45) is 0 Å². The second kappa shape index (κ2) is 5.24. The van der Waals surface area contributed by atoms with Crippen molar-refractivity contribution in [2.45, 2.75) is 13.5 Å². The smallest absolute Gasteiger partial charge is 0.135 e. The first-order valence-electron chi connectivity index (χ1n) is 6.51. The van der Waals surface area contributed by atoms with Crippen LogP contribution in [0.15, 0.2) is 53.1 Å². The standard InChI is InChI=1S/C16H16N2O/c1-2-17-11-14-7-8-16(19-14)13-9-12-5-3-4-6-15(12)18-10-13/h3-10,17H,2,11H2,1H3. The number of hydrogen-bond acceptors (Lipinski definition) is 3. The third-order valence-electron chi connectivity index (χ3n) is 3.09. The SMILES string of the molecule is CCNCc1ccc(-c2cnc3ccccc3c2)o1. The summed E-state index contributed by atoms with van der Waals surface area (Å²) in [5.74, 6) is 1.82. The fraction of sp³-hybridized carbons (Fsp3) is 0.188. The summed E-state index contributed by atoms with van der Waals surface area (Å²) in [5, 5.41) is 4.38. The van der Waals surface area contributed by atoms with E-state index >= 15 is 0 Å². The quantitative estimate of drug-likeness (QED) is 0.771. The number of benzene rings is 1. The number of aromatic nitrogens is 1. The van der Waals surface area contributed by atoms with E-state index in [1.807, 2.05) is 36.5 Å². The predicted molar refractivity (Wildman–Crippen MR) is 76.8 cm³/mol. The van der Waals surface area contributed by atoms with Crippen LogP contribution >= 0.6 is 0 Å². The monoisotopic (exact) mass is 252 g/mol. The molecule has 0 unspecified atom stereocenters. The van der Waals surface area contributed by atoms with Crippen LogP contribution in [0.1, 0.15) is 12.7 Å². The molecular weight excluding hydrogens is 236 g/mol. The van der Waals surface area contributed by atoms with Gasteiger partial charge in [-0.25, -0.2) is 0 Å². The van der Waals surface area contributed by atoms with Gasteiger partial charge in [0.05, 0.1) is 12.1 Å². The van der Waals surface area contributed by atoms with E-state index in [2.05, 4.69) is 29.4 Å². The van der Waals surface area contributed by atoms with E-state index in [-0.39, 0.29) is 0 Å². The Kier molecular flexibility index (Phi) is 3.29. The van der Waals surface area contributed by atoms with E-state index in [4.69, 9.17) is 4.42 Å². The first-order valence-corrected chi connectivity index (χ1v) is 6.51. The van der Waals surface area contributed by atoms with Crippen molar-refractivity contribution < 1.29 is 4.42 Å². The number of nitrogens with one attached hydrogen (secondary N) is 1. The summed E-state index contributed by atoms with van der Waals surface area (Å²) in [6, 6.07) is 14.2. The zero-order valence-corrected chi connectivity index (χ0v) is 10.9. The lowest BCUT2D eigenvalue weighted by Crippen LogP contribution is -2.10. The Hall–Kier alpha value is -2.13. The van der Waals surface area contributed by atoms with E-state index in [9.17, 15) is 0 Å². The van der Waals surface area contributed by atoms with Gasteiger partial charge in [0, 0.05) is 17.1 Å². The molecule has 19 heavy (non-hydrogen) atoms. The highest BCUT2D eigenvalue weighted by atomic mass is 16.3. The highest BCUT2D eigenvalue weighted by molar-refractivity contribution is 5.82. The summed E-state index contributed by atoms with van der Waals surface area (Å²) in [6.07, 6.45) is 1.86. The summed E-state index contributed by atoms with van der Waals surface area (Å²) in [6.45, 7) is 3.78. The number of rotatable bonds is 4. The third kappa shape index (κ3) is 2.51. The first-order chi connectivity index (χ1) is 9.36. The van der Waals surface area contributed by atoms with Crippen molar-refractivity contribution >= 4 is 10.9 Å². The molecule has 0 aliphatic carbocycles. The van der Waals surface area contributed by atoms with Crippen molar-refractivity contribution in [3.05, 3.63) is 54.4 Å². The Balaban J connectivity index is 1.92. The molecule has 0 radical (unpaired) electrons. The second-order valence-corrected chi connectivity index (χ2v) is 4.46. The van der Waals surface area contributed by atoms with E-state index in [0.29, 0.717) is 0 Å². The fourth-order valence-corrected chi connectivity index (χ4v) is 2.08. The maximum Gasteiger partial charge on any atom is 0.135 e.